The van der Waals surface area contributed by atoms with Gasteiger partial charge in [0.2, 0.25) is 0 Å². The van der Waals surface area contributed by atoms with E-state index in [2.05, 4.69) is 43.6 Å². The number of para-hydroxylation sites is 1. The predicted octanol–water partition coefficient (Wildman–Crippen LogP) is 4.03. The Morgan fingerprint density at radius 2 is 1.87 bits per heavy atom. The number of likely N-dealkylation sites (tertiary alicyclic amines) is 1. The Balaban J connectivity index is 1.12. The van der Waals surface area contributed by atoms with Crippen LogP contribution in [0.15, 0.2) is 48.5 Å². The summed E-state index contributed by atoms with van der Waals surface area (Å²) in [7, 11) is 1.92. The van der Waals surface area contributed by atoms with Crippen molar-refractivity contribution >= 4 is 21.6 Å². The van der Waals surface area contributed by atoms with E-state index in [0.717, 1.165) is 60.7 Å². The lowest BCUT2D eigenvalue weighted by Gasteiger charge is -2.31. The summed E-state index contributed by atoms with van der Waals surface area (Å²) in [5.74, 6) is 2.31. The van der Waals surface area contributed by atoms with Crippen molar-refractivity contribution in [2.75, 3.05) is 19.6 Å². The Hall–Kier alpha value is -2.84. The molecule has 0 aliphatic carbocycles. The lowest BCUT2D eigenvalue weighted by molar-refractivity contribution is 0.210. The minimum atomic E-state index is 0.472. The largest absolute Gasteiger partial charge is 0.431 e. The fourth-order valence-electron chi connectivity index (χ4n) is 4.00. The highest BCUT2D eigenvalue weighted by molar-refractivity contribution is 7.20. The second-order valence-electron chi connectivity index (χ2n) is 7.72. The highest BCUT2D eigenvalue weighted by Gasteiger charge is 2.24. The number of tetrazole rings is 1. The number of aromatic nitrogens is 5. The second kappa shape index (κ2) is 8.49. The van der Waals surface area contributed by atoms with Crippen LogP contribution in [-0.2, 0) is 13.5 Å². The van der Waals surface area contributed by atoms with Gasteiger partial charge in [-0.25, -0.2) is 9.67 Å². The van der Waals surface area contributed by atoms with Crippen LogP contribution in [0.2, 0.25) is 0 Å². The van der Waals surface area contributed by atoms with Crippen molar-refractivity contribution < 1.29 is 4.74 Å². The van der Waals surface area contributed by atoms with Crippen molar-refractivity contribution in [1.82, 2.24) is 30.1 Å². The number of thiazole rings is 1. The molecule has 0 amide bonds. The highest BCUT2D eigenvalue weighted by atomic mass is 32.1. The molecule has 4 aromatic rings. The minimum Gasteiger partial charge on any atom is -0.431 e. The summed E-state index contributed by atoms with van der Waals surface area (Å²) in [6.07, 6.45) is 3.27. The van der Waals surface area contributed by atoms with E-state index in [1.807, 2.05) is 37.4 Å². The summed E-state index contributed by atoms with van der Waals surface area (Å²) >= 11 is 1.57. The van der Waals surface area contributed by atoms with E-state index in [9.17, 15) is 0 Å². The van der Waals surface area contributed by atoms with E-state index < -0.39 is 0 Å². The van der Waals surface area contributed by atoms with Crippen molar-refractivity contribution in [3.8, 4) is 10.9 Å². The molecule has 8 heteroatoms. The Kier molecular flexibility index (Phi) is 5.42. The first-order valence-corrected chi connectivity index (χ1v) is 11.1. The summed E-state index contributed by atoms with van der Waals surface area (Å²) in [5.41, 5.74) is 2.31. The van der Waals surface area contributed by atoms with E-state index in [1.165, 1.54) is 5.56 Å². The molecule has 0 spiro atoms. The molecule has 0 saturated carbocycles. The summed E-state index contributed by atoms with van der Waals surface area (Å²) < 4.78 is 8.89. The summed E-state index contributed by atoms with van der Waals surface area (Å²) in [5, 5.41) is 12.6. The van der Waals surface area contributed by atoms with Crippen molar-refractivity contribution in [3.63, 3.8) is 0 Å². The molecule has 0 bridgehead atoms. The molecule has 30 heavy (non-hydrogen) atoms. The zero-order chi connectivity index (χ0) is 20.3. The maximum absolute atomic E-state index is 5.95. The first-order chi connectivity index (χ1) is 14.7. The Labute approximate surface area is 179 Å². The van der Waals surface area contributed by atoms with E-state index in [4.69, 9.17) is 4.74 Å². The van der Waals surface area contributed by atoms with Crippen molar-refractivity contribution in [2.45, 2.75) is 25.2 Å². The molecule has 0 atom stereocenters. The molecule has 0 radical (unpaired) electrons. The third-order valence-electron chi connectivity index (χ3n) is 5.73. The molecule has 154 valence electrons. The molecule has 0 unspecified atom stereocenters. The SMILES string of the molecule is Cn1nnnc1C1CCN(CCc2ccc(Oc3nc4ccccc4s3)cc2)CC1. The molecule has 2 aromatic carbocycles. The van der Waals surface area contributed by atoms with Crippen LogP contribution in [0.5, 0.6) is 10.9 Å². The molecular formula is C22H24N6OS. The van der Waals surface area contributed by atoms with E-state index in [1.54, 1.807) is 16.0 Å². The lowest BCUT2D eigenvalue weighted by atomic mass is 9.95. The number of rotatable bonds is 6. The van der Waals surface area contributed by atoms with Crippen molar-refractivity contribution in [2.24, 2.45) is 7.05 Å². The Morgan fingerprint density at radius 3 is 2.60 bits per heavy atom. The van der Waals surface area contributed by atoms with Gasteiger partial charge >= 0.3 is 0 Å². The van der Waals surface area contributed by atoms with Crippen LogP contribution in [0.1, 0.15) is 30.1 Å². The molecule has 1 fully saturated rings. The number of aryl methyl sites for hydroxylation is 1. The standard InChI is InChI=1S/C22H24N6OS/c1-27-21(24-25-26-27)17-11-14-28(15-12-17)13-10-16-6-8-18(9-7-16)29-22-23-19-4-2-3-5-20(19)30-22/h2-9,17H,10-15H2,1H3. The fraction of sp³-hybridized carbons (Fsp3) is 0.364. The molecule has 1 aliphatic rings. The molecule has 3 heterocycles. The third kappa shape index (κ3) is 4.20. The Morgan fingerprint density at radius 1 is 1.07 bits per heavy atom. The van der Waals surface area contributed by atoms with Gasteiger partial charge < -0.3 is 9.64 Å². The summed E-state index contributed by atoms with van der Waals surface area (Å²) in [6.45, 7) is 3.26. The average Bonchev–Trinajstić information content (AvgIpc) is 3.39. The van der Waals surface area contributed by atoms with E-state index in [-0.39, 0.29) is 0 Å². The smallest absolute Gasteiger partial charge is 0.279 e. The average molecular weight is 421 g/mol. The molecule has 2 aromatic heterocycles. The van der Waals surface area contributed by atoms with Gasteiger partial charge in [0.1, 0.15) is 5.75 Å². The van der Waals surface area contributed by atoms with Gasteiger partial charge in [0.25, 0.3) is 5.19 Å². The van der Waals surface area contributed by atoms with Crippen LogP contribution in [-0.4, -0.2) is 49.7 Å². The molecule has 1 saturated heterocycles. The van der Waals surface area contributed by atoms with Crippen LogP contribution < -0.4 is 4.74 Å². The number of nitrogens with zero attached hydrogens (tertiary/aromatic N) is 6. The highest BCUT2D eigenvalue weighted by Crippen LogP contribution is 2.31. The van der Waals surface area contributed by atoms with Gasteiger partial charge in [-0.05, 0) is 72.6 Å². The minimum absolute atomic E-state index is 0.472. The Bertz CT molecular complexity index is 1080. The lowest BCUT2D eigenvalue weighted by Crippen LogP contribution is -2.35. The summed E-state index contributed by atoms with van der Waals surface area (Å²) in [6, 6.07) is 16.5. The van der Waals surface area contributed by atoms with Gasteiger partial charge in [0, 0.05) is 19.5 Å². The van der Waals surface area contributed by atoms with Crippen LogP contribution in [0, 0.1) is 0 Å². The number of benzene rings is 2. The number of hydrogen-bond donors (Lipinski definition) is 0. The molecule has 5 rings (SSSR count). The van der Waals surface area contributed by atoms with E-state index >= 15 is 0 Å². The van der Waals surface area contributed by atoms with Crippen LogP contribution in [0.4, 0.5) is 0 Å². The van der Waals surface area contributed by atoms with Crippen LogP contribution in [0.3, 0.4) is 0 Å². The maximum Gasteiger partial charge on any atom is 0.279 e. The number of ether oxygens (including phenoxy) is 1. The number of piperidine rings is 1. The van der Waals surface area contributed by atoms with Crippen LogP contribution >= 0.6 is 11.3 Å². The zero-order valence-corrected chi connectivity index (χ0v) is 17.8. The molecular weight excluding hydrogens is 396 g/mol. The van der Waals surface area contributed by atoms with E-state index in [0.29, 0.717) is 11.1 Å². The van der Waals surface area contributed by atoms with Gasteiger partial charge in [-0.3, -0.25) is 0 Å². The maximum atomic E-state index is 5.95. The van der Waals surface area contributed by atoms with Gasteiger partial charge in [-0.2, -0.15) is 0 Å². The topological polar surface area (TPSA) is 69.0 Å². The van der Waals surface area contributed by atoms with Gasteiger partial charge in [0.15, 0.2) is 5.82 Å². The monoisotopic (exact) mass is 420 g/mol. The first kappa shape index (κ1) is 19.1. The van der Waals surface area contributed by atoms with Crippen molar-refractivity contribution in [3.05, 3.63) is 59.9 Å². The number of fused-ring (bicyclic) bond motifs is 1. The van der Waals surface area contributed by atoms with Gasteiger partial charge in [0.05, 0.1) is 10.2 Å². The first-order valence-electron chi connectivity index (χ1n) is 10.3. The summed E-state index contributed by atoms with van der Waals surface area (Å²) in [4.78, 5) is 7.07. The second-order valence-corrected chi connectivity index (χ2v) is 8.71. The van der Waals surface area contributed by atoms with Gasteiger partial charge in [-0.1, -0.05) is 35.6 Å². The fourth-order valence-corrected chi connectivity index (χ4v) is 4.84. The quantitative estimate of drug-likeness (QED) is 0.469. The molecule has 0 N–H and O–H groups in total. The van der Waals surface area contributed by atoms with Crippen LogP contribution in [0.25, 0.3) is 10.2 Å². The number of hydrogen-bond acceptors (Lipinski definition) is 7. The molecule has 1 aliphatic heterocycles. The zero-order valence-electron chi connectivity index (χ0n) is 16.9. The molecule has 7 nitrogen and oxygen atoms in total. The third-order valence-corrected chi connectivity index (χ3v) is 6.64. The van der Waals surface area contributed by atoms with Gasteiger partial charge in [-0.15, -0.1) is 5.10 Å². The predicted molar refractivity (Wildman–Crippen MR) is 117 cm³/mol. The normalized spacial score (nSPS) is 15.6. The van der Waals surface area contributed by atoms with Crippen molar-refractivity contribution in [1.29, 1.82) is 0 Å².